The zero-order valence-corrected chi connectivity index (χ0v) is 22.9. The fraction of sp³-hybridized carbons (Fsp3) is 0.310. The number of anilines is 1. The molecule has 0 aliphatic carbocycles. The molecule has 0 aliphatic heterocycles. The van der Waals surface area contributed by atoms with Gasteiger partial charge in [0.15, 0.2) is 0 Å². The Morgan fingerprint density at radius 3 is 1.78 bits per heavy atom. The minimum atomic E-state index is -4.06. The number of benzene rings is 3. The van der Waals surface area contributed by atoms with Crippen molar-refractivity contribution in [2.45, 2.75) is 51.6 Å². The lowest BCUT2D eigenvalue weighted by molar-refractivity contribution is -0.140. The number of carbonyl (C=O) groups excluding carboxylic acids is 2. The van der Waals surface area contributed by atoms with Crippen LogP contribution in [-0.4, -0.2) is 44.8 Å². The van der Waals surface area contributed by atoms with Crippen molar-refractivity contribution in [3.63, 3.8) is 0 Å². The van der Waals surface area contributed by atoms with Crippen LogP contribution in [0.5, 0.6) is 0 Å². The zero-order valence-electron chi connectivity index (χ0n) is 22.1. The summed E-state index contributed by atoms with van der Waals surface area (Å²) in [5.41, 5.74) is 4.20. The fourth-order valence-corrected chi connectivity index (χ4v) is 5.47. The summed E-state index contributed by atoms with van der Waals surface area (Å²) in [5, 5.41) is 2.63. The van der Waals surface area contributed by atoms with Crippen LogP contribution in [-0.2, 0) is 26.2 Å². The lowest BCUT2D eigenvalue weighted by atomic mass is 10.1. The van der Waals surface area contributed by atoms with Gasteiger partial charge in [-0.25, -0.2) is 8.42 Å². The topological polar surface area (TPSA) is 86.8 Å². The van der Waals surface area contributed by atoms with Crippen molar-refractivity contribution >= 4 is 27.5 Å². The number of nitrogens with one attached hydrogen (secondary N) is 1. The molecule has 0 aromatic heterocycles. The van der Waals surface area contributed by atoms with Crippen molar-refractivity contribution in [3.05, 3.63) is 95.1 Å². The van der Waals surface area contributed by atoms with E-state index in [9.17, 15) is 18.0 Å². The quantitative estimate of drug-likeness (QED) is 0.430. The molecule has 0 aliphatic rings. The number of nitrogens with zero attached hydrogens (tertiary/aromatic N) is 2. The van der Waals surface area contributed by atoms with E-state index in [1.807, 2.05) is 52.0 Å². The Morgan fingerprint density at radius 1 is 0.811 bits per heavy atom. The highest BCUT2D eigenvalue weighted by atomic mass is 32.2. The van der Waals surface area contributed by atoms with Crippen molar-refractivity contribution in [1.82, 2.24) is 10.2 Å². The maximum atomic E-state index is 13.9. The summed E-state index contributed by atoms with van der Waals surface area (Å²) in [4.78, 5) is 28.2. The van der Waals surface area contributed by atoms with Gasteiger partial charge in [0.2, 0.25) is 11.8 Å². The van der Waals surface area contributed by atoms with Gasteiger partial charge in [0.05, 0.1) is 10.6 Å². The van der Waals surface area contributed by atoms with Gasteiger partial charge >= 0.3 is 0 Å². The monoisotopic (exact) mass is 521 g/mol. The van der Waals surface area contributed by atoms with E-state index >= 15 is 0 Å². The first kappa shape index (κ1) is 27.9. The SMILES string of the molecule is CC[C@@H](C(=O)NC)N(Cc1ccc(C)cc1)C(=O)CN(c1ccc(C)cc1)S(=O)(=O)c1ccc(C)cc1. The van der Waals surface area contributed by atoms with E-state index in [0.29, 0.717) is 12.1 Å². The van der Waals surface area contributed by atoms with Gasteiger partial charge in [0.25, 0.3) is 10.0 Å². The van der Waals surface area contributed by atoms with E-state index in [0.717, 1.165) is 26.6 Å². The molecular weight excluding hydrogens is 486 g/mol. The highest BCUT2D eigenvalue weighted by Crippen LogP contribution is 2.25. The number of rotatable bonds is 10. The van der Waals surface area contributed by atoms with Crippen molar-refractivity contribution in [2.75, 3.05) is 17.9 Å². The van der Waals surface area contributed by atoms with Crippen LogP contribution in [0.2, 0.25) is 0 Å². The van der Waals surface area contributed by atoms with Gasteiger partial charge in [-0.1, -0.05) is 72.1 Å². The van der Waals surface area contributed by atoms with Crippen LogP contribution in [0.4, 0.5) is 5.69 Å². The highest BCUT2D eigenvalue weighted by Gasteiger charge is 2.33. The molecule has 0 radical (unpaired) electrons. The van der Waals surface area contributed by atoms with Crippen LogP contribution in [0.25, 0.3) is 0 Å². The Labute approximate surface area is 220 Å². The predicted molar refractivity (Wildman–Crippen MR) is 147 cm³/mol. The number of hydrogen-bond acceptors (Lipinski definition) is 4. The van der Waals surface area contributed by atoms with Crippen LogP contribution >= 0.6 is 0 Å². The van der Waals surface area contributed by atoms with Gasteiger partial charge in [-0.05, 0) is 57.0 Å². The smallest absolute Gasteiger partial charge is 0.264 e. The second-order valence-corrected chi connectivity index (χ2v) is 11.1. The lowest BCUT2D eigenvalue weighted by Gasteiger charge is -2.33. The van der Waals surface area contributed by atoms with E-state index < -0.39 is 28.5 Å². The molecule has 196 valence electrons. The van der Waals surface area contributed by atoms with E-state index in [-0.39, 0.29) is 17.3 Å². The predicted octanol–water partition coefficient (Wildman–Crippen LogP) is 4.36. The molecule has 3 aromatic carbocycles. The summed E-state index contributed by atoms with van der Waals surface area (Å²) in [6, 6.07) is 20.5. The third-order valence-electron chi connectivity index (χ3n) is 6.32. The molecule has 0 bridgehead atoms. The third kappa shape index (κ3) is 6.77. The van der Waals surface area contributed by atoms with Gasteiger partial charge in [0, 0.05) is 13.6 Å². The summed E-state index contributed by atoms with van der Waals surface area (Å²) in [7, 11) is -2.54. The number of hydrogen-bond donors (Lipinski definition) is 1. The summed E-state index contributed by atoms with van der Waals surface area (Å²) in [6.07, 6.45) is 0.381. The molecule has 3 aromatic rings. The maximum Gasteiger partial charge on any atom is 0.264 e. The second-order valence-electron chi connectivity index (χ2n) is 9.21. The van der Waals surface area contributed by atoms with Gasteiger partial charge in [-0.15, -0.1) is 0 Å². The number of sulfonamides is 1. The van der Waals surface area contributed by atoms with E-state index in [1.165, 1.54) is 11.9 Å². The Morgan fingerprint density at radius 2 is 1.30 bits per heavy atom. The zero-order chi connectivity index (χ0) is 27.2. The van der Waals surface area contributed by atoms with Crippen molar-refractivity contribution in [2.24, 2.45) is 0 Å². The standard InChI is InChI=1S/C29H35N3O4S/c1-6-27(29(34)30-5)31(19-24-13-7-21(2)8-14-24)28(33)20-32(25-15-9-22(3)10-16-25)37(35,36)26-17-11-23(4)12-18-26/h7-18,27H,6,19-20H2,1-5H3,(H,30,34)/t27-/m0/s1. The molecule has 2 amide bonds. The first-order chi connectivity index (χ1) is 17.6. The summed E-state index contributed by atoms with van der Waals surface area (Å²) in [5.74, 6) is -0.765. The van der Waals surface area contributed by atoms with Crippen molar-refractivity contribution in [1.29, 1.82) is 0 Å². The Bertz CT molecular complexity index is 1320. The lowest BCUT2D eigenvalue weighted by Crippen LogP contribution is -2.51. The molecule has 0 saturated carbocycles. The first-order valence-electron chi connectivity index (χ1n) is 12.3. The normalized spacial score (nSPS) is 12.0. The van der Waals surface area contributed by atoms with E-state index in [4.69, 9.17) is 0 Å². The van der Waals surface area contributed by atoms with Crippen molar-refractivity contribution < 1.29 is 18.0 Å². The molecule has 1 atom stereocenters. The van der Waals surface area contributed by atoms with E-state index in [2.05, 4.69) is 5.32 Å². The third-order valence-corrected chi connectivity index (χ3v) is 8.10. The molecule has 37 heavy (non-hydrogen) atoms. The molecule has 0 spiro atoms. The van der Waals surface area contributed by atoms with Crippen LogP contribution in [0.15, 0.2) is 77.7 Å². The highest BCUT2D eigenvalue weighted by molar-refractivity contribution is 7.92. The molecule has 0 heterocycles. The van der Waals surface area contributed by atoms with Gasteiger partial charge in [0.1, 0.15) is 12.6 Å². The number of carbonyl (C=O) groups is 2. The Hall–Kier alpha value is -3.65. The van der Waals surface area contributed by atoms with E-state index in [1.54, 1.807) is 48.5 Å². The van der Waals surface area contributed by atoms with Crippen LogP contribution in [0.1, 0.15) is 35.6 Å². The molecule has 0 fully saturated rings. The molecule has 0 saturated heterocycles. The molecule has 1 N–H and O–H groups in total. The molecular formula is C29H35N3O4S. The van der Waals surface area contributed by atoms with Crippen LogP contribution in [0.3, 0.4) is 0 Å². The van der Waals surface area contributed by atoms with Crippen LogP contribution in [0, 0.1) is 20.8 Å². The van der Waals surface area contributed by atoms with Crippen molar-refractivity contribution in [3.8, 4) is 0 Å². The van der Waals surface area contributed by atoms with Gasteiger partial charge in [-0.2, -0.15) is 0 Å². The molecule has 3 rings (SSSR count). The molecule has 8 heteroatoms. The minimum absolute atomic E-state index is 0.0925. The average molecular weight is 522 g/mol. The minimum Gasteiger partial charge on any atom is -0.357 e. The van der Waals surface area contributed by atoms with Crippen LogP contribution < -0.4 is 9.62 Å². The Balaban J connectivity index is 2.04. The fourth-order valence-electron chi connectivity index (χ4n) is 4.05. The number of likely N-dealkylation sites (N-methyl/N-ethyl adjacent to an activating group) is 1. The largest absolute Gasteiger partial charge is 0.357 e. The number of amides is 2. The molecule has 7 nitrogen and oxygen atoms in total. The molecule has 0 unspecified atom stereocenters. The second kappa shape index (κ2) is 12.1. The number of aryl methyl sites for hydroxylation is 3. The maximum absolute atomic E-state index is 13.9. The average Bonchev–Trinajstić information content (AvgIpc) is 2.88. The first-order valence-corrected chi connectivity index (χ1v) is 13.7. The Kier molecular flexibility index (Phi) is 9.10. The summed E-state index contributed by atoms with van der Waals surface area (Å²) < 4.78 is 28.7. The van der Waals surface area contributed by atoms with Gasteiger partial charge in [-0.3, -0.25) is 13.9 Å². The summed E-state index contributed by atoms with van der Waals surface area (Å²) in [6.45, 7) is 7.32. The summed E-state index contributed by atoms with van der Waals surface area (Å²) >= 11 is 0. The van der Waals surface area contributed by atoms with Gasteiger partial charge < -0.3 is 10.2 Å².